The van der Waals surface area contributed by atoms with Crippen LogP contribution in [0.4, 0.5) is 32.0 Å². The van der Waals surface area contributed by atoms with Crippen molar-refractivity contribution in [2.45, 2.75) is 36.2 Å². The molecule has 0 bridgehead atoms. The third-order valence-electron chi connectivity index (χ3n) is 6.05. The van der Waals surface area contributed by atoms with Gasteiger partial charge in [0.25, 0.3) is 10.0 Å². The molecule has 0 spiro atoms. The first-order valence-corrected chi connectivity index (χ1v) is 13.9. The van der Waals surface area contributed by atoms with Gasteiger partial charge >= 0.3 is 18.3 Å². The molecular formula is C25H22F6N2O5S2. The van der Waals surface area contributed by atoms with Gasteiger partial charge in [0.05, 0.1) is 18.4 Å². The van der Waals surface area contributed by atoms with Crippen molar-refractivity contribution >= 4 is 33.0 Å². The van der Waals surface area contributed by atoms with Crippen LogP contribution < -0.4 is 14.8 Å². The molecule has 1 fully saturated rings. The first-order chi connectivity index (χ1) is 18.6. The van der Waals surface area contributed by atoms with Gasteiger partial charge in [0.2, 0.25) is 0 Å². The third kappa shape index (κ3) is 6.05. The van der Waals surface area contributed by atoms with Crippen LogP contribution in [0.25, 0.3) is 11.1 Å². The van der Waals surface area contributed by atoms with Crippen LogP contribution in [0, 0.1) is 0 Å². The number of alkyl halides is 6. The molecule has 1 atom stereocenters. The summed E-state index contributed by atoms with van der Waals surface area (Å²) in [5, 5.41) is 2.97. The molecule has 3 aromatic rings. The fraction of sp³-hybridized carbons (Fsp3) is 0.320. The molecule has 1 aliphatic rings. The average molecular weight is 609 g/mol. The Morgan fingerprint density at radius 2 is 1.73 bits per heavy atom. The zero-order valence-corrected chi connectivity index (χ0v) is 22.5. The van der Waals surface area contributed by atoms with Crippen LogP contribution in [0.3, 0.4) is 0 Å². The van der Waals surface area contributed by atoms with Gasteiger partial charge in [-0.05, 0) is 31.2 Å². The number of anilines is 1. The SMILES string of the molecule is COC(=O)c1sc(C(F)(F)F)c(-c2ccccc2)c1S(=O)(=O)Nc1ccc(C(F)(F)F)c(O[C@]2(C)CCNC2)c1. The molecule has 0 amide bonds. The summed E-state index contributed by atoms with van der Waals surface area (Å²) in [7, 11) is -4.14. The minimum Gasteiger partial charge on any atom is -0.485 e. The lowest BCUT2D eigenvalue weighted by Gasteiger charge is -2.27. The maximum absolute atomic E-state index is 14.1. The molecule has 2 heterocycles. The minimum atomic E-state index is -5.05. The van der Waals surface area contributed by atoms with Crippen LogP contribution in [0.5, 0.6) is 5.75 Å². The van der Waals surface area contributed by atoms with Crippen molar-refractivity contribution in [1.29, 1.82) is 0 Å². The molecule has 15 heteroatoms. The van der Waals surface area contributed by atoms with Gasteiger partial charge in [-0.1, -0.05) is 30.3 Å². The summed E-state index contributed by atoms with van der Waals surface area (Å²) in [6.07, 6.45) is -9.52. The smallest absolute Gasteiger partial charge is 0.426 e. The highest BCUT2D eigenvalue weighted by molar-refractivity contribution is 7.93. The summed E-state index contributed by atoms with van der Waals surface area (Å²) in [6.45, 7) is 2.31. The van der Waals surface area contributed by atoms with Crippen LogP contribution in [-0.2, 0) is 27.1 Å². The Bertz CT molecular complexity index is 1510. The third-order valence-corrected chi connectivity index (χ3v) is 8.84. The van der Waals surface area contributed by atoms with E-state index < -0.39 is 71.2 Å². The van der Waals surface area contributed by atoms with Crippen LogP contribution in [0.15, 0.2) is 53.4 Å². The number of benzene rings is 2. The molecule has 1 saturated heterocycles. The van der Waals surface area contributed by atoms with Gasteiger partial charge in [-0.25, -0.2) is 13.2 Å². The van der Waals surface area contributed by atoms with Gasteiger partial charge in [0, 0.05) is 24.6 Å². The van der Waals surface area contributed by atoms with Crippen molar-refractivity contribution in [2.24, 2.45) is 0 Å². The van der Waals surface area contributed by atoms with Gasteiger partial charge in [-0.15, -0.1) is 11.3 Å². The van der Waals surface area contributed by atoms with E-state index in [1.165, 1.54) is 30.3 Å². The fourth-order valence-electron chi connectivity index (χ4n) is 4.22. The maximum atomic E-state index is 14.1. The zero-order valence-electron chi connectivity index (χ0n) is 20.9. The number of halogens is 6. The molecule has 0 saturated carbocycles. The number of esters is 1. The fourth-order valence-corrected chi connectivity index (χ4v) is 7.10. The molecule has 4 rings (SSSR count). The number of sulfonamides is 1. The standard InChI is InChI=1S/C25H22F6N2O5S2/c1-23(10-11-32-13-23)38-17-12-15(8-9-16(17)24(26,27)28)33-40(35,36)20-18(14-6-4-3-5-7-14)21(25(29,30)31)39-19(20)22(34)37-2/h3-9,12,32-33H,10-11,13H2,1-2H3/t23-/m1/s1. The Labute approximate surface area is 229 Å². The predicted molar refractivity (Wildman–Crippen MR) is 135 cm³/mol. The average Bonchev–Trinajstić information content (AvgIpc) is 3.48. The van der Waals surface area contributed by atoms with E-state index in [4.69, 9.17) is 4.74 Å². The summed E-state index contributed by atoms with van der Waals surface area (Å²) in [6, 6.07) is 8.95. The number of ether oxygens (including phenoxy) is 2. The lowest BCUT2D eigenvalue weighted by molar-refractivity contribution is -0.139. The maximum Gasteiger partial charge on any atom is 0.426 e. The van der Waals surface area contributed by atoms with Gasteiger partial charge in [0.15, 0.2) is 0 Å². The minimum absolute atomic E-state index is 0.111. The van der Waals surface area contributed by atoms with E-state index in [-0.39, 0.29) is 23.4 Å². The first-order valence-electron chi connectivity index (χ1n) is 11.6. The van der Waals surface area contributed by atoms with Crippen molar-refractivity contribution < 1.29 is 49.0 Å². The number of carbonyl (C=O) groups excluding carboxylic acids is 1. The van der Waals surface area contributed by atoms with Gasteiger partial charge in [0.1, 0.15) is 26.0 Å². The lowest BCUT2D eigenvalue weighted by Crippen LogP contribution is -2.35. The molecule has 0 aliphatic carbocycles. The first kappa shape index (κ1) is 29.7. The van der Waals surface area contributed by atoms with Gasteiger partial charge in [-0.3, -0.25) is 4.72 Å². The number of carbonyl (C=O) groups is 1. The van der Waals surface area contributed by atoms with Gasteiger partial charge in [-0.2, -0.15) is 26.3 Å². The van der Waals surface area contributed by atoms with Crippen LogP contribution in [-0.4, -0.2) is 40.2 Å². The normalized spacial score (nSPS) is 18.0. The van der Waals surface area contributed by atoms with E-state index in [9.17, 15) is 39.6 Å². The Hall–Kier alpha value is -3.30. The second kappa shape index (κ2) is 10.6. The molecule has 40 heavy (non-hydrogen) atoms. The molecule has 2 aromatic carbocycles. The van der Waals surface area contributed by atoms with E-state index in [0.29, 0.717) is 19.0 Å². The number of nitrogens with one attached hydrogen (secondary N) is 2. The Morgan fingerprint density at radius 1 is 1.05 bits per heavy atom. The molecule has 1 aliphatic heterocycles. The molecule has 0 unspecified atom stereocenters. The van der Waals surface area contributed by atoms with Crippen LogP contribution in [0.1, 0.15) is 33.5 Å². The molecule has 216 valence electrons. The highest BCUT2D eigenvalue weighted by atomic mass is 32.2. The van der Waals surface area contributed by atoms with E-state index >= 15 is 0 Å². The van der Waals surface area contributed by atoms with E-state index in [1.807, 2.05) is 4.72 Å². The summed E-state index contributed by atoms with van der Waals surface area (Å²) in [5.41, 5.74) is -3.56. The number of hydrogen-bond acceptors (Lipinski definition) is 7. The number of methoxy groups -OCH3 is 1. The topological polar surface area (TPSA) is 93.7 Å². The predicted octanol–water partition coefficient (Wildman–Crippen LogP) is 6.17. The number of hydrogen-bond donors (Lipinski definition) is 2. The van der Waals surface area contributed by atoms with Crippen molar-refractivity contribution in [2.75, 3.05) is 24.9 Å². The molecule has 7 nitrogen and oxygen atoms in total. The monoisotopic (exact) mass is 608 g/mol. The van der Waals surface area contributed by atoms with Crippen molar-refractivity contribution in [3.8, 4) is 16.9 Å². The van der Waals surface area contributed by atoms with Crippen LogP contribution >= 0.6 is 11.3 Å². The quantitative estimate of drug-likeness (QED) is 0.246. The molecule has 1 aromatic heterocycles. The second-order valence-corrected chi connectivity index (χ2v) is 11.8. The summed E-state index contributed by atoms with van der Waals surface area (Å²) < 4.78 is 123. The van der Waals surface area contributed by atoms with Crippen molar-refractivity contribution in [3.63, 3.8) is 0 Å². The number of rotatable bonds is 7. The van der Waals surface area contributed by atoms with Gasteiger partial charge < -0.3 is 14.8 Å². The van der Waals surface area contributed by atoms with E-state index in [2.05, 4.69) is 10.1 Å². The lowest BCUT2D eigenvalue weighted by atomic mass is 10.1. The molecule has 0 radical (unpaired) electrons. The highest BCUT2D eigenvalue weighted by Gasteiger charge is 2.44. The molecule has 2 N–H and O–H groups in total. The number of thiophene rings is 1. The second-order valence-electron chi connectivity index (χ2n) is 9.11. The largest absolute Gasteiger partial charge is 0.485 e. The van der Waals surface area contributed by atoms with Crippen molar-refractivity contribution in [3.05, 3.63) is 63.8 Å². The summed E-state index contributed by atoms with van der Waals surface area (Å²) in [4.78, 5) is 9.24. The summed E-state index contributed by atoms with van der Waals surface area (Å²) in [5.74, 6) is -2.01. The Balaban J connectivity index is 1.88. The highest BCUT2D eigenvalue weighted by Crippen LogP contribution is 2.48. The van der Waals surface area contributed by atoms with E-state index in [1.54, 1.807) is 6.92 Å². The summed E-state index contributed by atoms with van der Waals surface area (Å²) >= 11 is -0.111. The van der Waals surface area contributed by atoms with Crippen LogP contribution in [0.2, 0.25) is 0 Å². The van der Waals surface area contributed by atoms with Crippen molar-refractivity contribution in [1.82, 2.24) is 5.32 Å². The van der Waals surface area contributed by atoms with E-state index in [0.717, 1.165) is 19.2 Å². The Morgan fingerprint density at radius 3 is 2.27 bits per heavy atom. The Kier molecular flexibility index (Phi) is 7.86. The zero-order chi connectivity index (χ0) is 29.5. The molecular weight excluding hydrogens is 586 g/mol.